The fourth-order valence-electron chi connectivity index (χ4n) is 2.48. The number of hydrogen-bond donors (Lipinski definition) is 1. The van der Waals surface area contributed by atoms with Crippen molar-refractivity contribution >= 4 is 11.3 Å². The smallest absolute Gasteiger partial charge is 0.0391 e. The predicted molar refractivity (Wildman–Crippen MR) is 77.8 cm³/mol. The maximum Gasteiger partial charge on any atom is 0.0391 e. The molecule has 1 nitrogen and oxygen atoms in total. The third kappa shape index (κ3) is 2.65. The van der Waals surface area contributed by atoms with E-state index in [1.54, 1.807) is 0 Å². The molecule has 1 aliphatic rings. The molecular weight excluding hydrogens is 238 g/mol. The van der Waals surface area contributed by atoms with Crippen LogP contribution in [0.25, 0.3) is 0 Å². The van der Waals surface area contributed by atoms with E-state index in [1.807, 2.05) is 11.3 Å². The summed E-state index contributed by atoms with van der Waals surface area (Å²) in [6.45, 7) is 2.27. The van der Waals surface area contributed by atoms with Crippen molar-refractivity contribution in [3.05, 3.63) is 58.3 Å². The number of nitrogens with one attached hydrogen (secondary N) is 1. The Labute approximate surface area is 113 Å². The largest absolute Gasteiger partial charge is 0.302 e. The Kier molecular flexibility index (Phi) is 3.48. The third-order valence-corrected chi connectivity index (χ3v) is 4.71. The van der Waals surface area contributed by atoms with Crippen molar-refractivity contribution in [3.63, 3.8) is 0 Å². The molecule has 0 saturated heterocycles. The van der Waals surface area contributed by atoms with Gasteiger partial charge in [-0.2, -0.15) is 0 Å². The number of benzene rings is 1. The Hall–Kier alpha value is -1.12. The Bertz CT molecular complexity index is 473. The summed E-state index contributed by atoms with van der Waals surface area (Å²) in [6, 6.07) is 16.2. The van der Waals surface area contributed by atoms with Gasteiger partial charge in [-0.15, -0.1) is 11.3 Å². The maximum atomic E-state index is 3.81. The Morgan fingerprint density at radius 1 is 1.11 bits per heavy atom. The summed E-state index contributed by atoms with van der Waals surface area (Å²) in [7, 11) is 0. The maximum absolute atomic E-state index is 3.81. The van der Waals surface area contributed by atoms with Crippen LogP contribution in [0.3, 0.4) is 0 Å². The molecule has 2 atom stereocenters. The lowest BCUT2D eigenvalue weighted by atomic mass is 10.0. The summed E-state index contributed by atoms with van der Waals surface area (Å²) in [5.41, 5.74) is 1.43. The van der Waals surface area contributed by atoms with Crippen molar-refractivity contribution in [1.29, 1.82) is 0 Å². The zero-order valence-electron chi connectivity index (χ0n) is 10.7. The standard InChI is InChI=1S/C16H19NS/c1-12(15-8-5-11-18-15)17-16(14-9-10-14)13-6-3-2-4-7-13/h2-8,11-12,14,16-17H,9-10H2,1H3/t12-,16?/m0/s1. The molecule has 94 valence electrons. The van der Waals surface area contributed by atoms with Gasteiger partial charge in [-0.3, -0.25) is 0 Å². The second kappa shape index (κ2) is 5.25. The van der Waals surface area contributed by atoms with Crippen LogP contribution in [0, 0.1) is 5.92 Å². The van der Waals surface area contributed by atoms with Crippen LogP contribution >= 0.6 is 11.3 Å². The van der Waals surface area contributed by atoms with Crippen LogP contribution in [0.5, 0.6) is 0 Å². The summed E-state index contributed by atoms with van der Waals surface area (Å²) in [5, 5.41) is 5.96. The van der Waals surface area contributed by atoms with Gasteiger partial charge in [0.05, 0.1) is 0 Å². The molecule has 3 rings (SSSR count). The van der Waals surface area contributed by atoms with Crippen LogP contribution in [-0.4, -0.2) is 0 Å². The molecule has 0 spiro atoms. The van der Waals surface area contributed by atoms with E-state index in [4.69, 9.17) is 0 Å². The molecule has 0 amide bonds. The monoisotopic (exact) mass is 257 g/mol. The molecule has 1 aromatic carbocycles. The van der Waals surface area contributed by atoms with Gasteiger partial charge in [-0.05, 0) is 42.7 Å². The summed E-state index contributed by atoms with van der Waals surface area (Å²) in [6.07, 6.45) is 2.73. The minimum atomic E-state index is 0.441. The predicted octanol–water partition coefficient (Wildman–Crippen LogP) is 4.55. The molecule has 1 unspecified atom stereocenters. The van der Waals surface area contributed by atoms with E-state index in [0.29, 0.717) is 12.1 Å². The molecule has 1 N–H and O–H groups in total. The van der Waals surface area contributed by atoms with Crippen molar-refractivity contribution in [2.24, 2.45) is 5.92 Å². The van der Waals surface area contributed by atoms with Gasteiger partial charge < -0.3 is 5.32 Å². The molecule has 0 radical (unpaired) electrons. The molecule has 1 heterocycles. The van der Waals surface area contributed by atoms with Gasteiger partial charge >= 0.3 is 0 Å². The highest BCUT2D eigenvalue weighted by molar-refractivity contribution is 7.10. The van der Waals surface area contributed by atoms with Crippen LogP contribution in [0.2, 0.25) is 0 Å². The average Bonchev–Trinajstić information content (AvgIpc) is 3.10. The minimum absolute atomic E-state index is 0.441. The average molecular weight is 257 g/mol. The zero-order valence-corrected chi connectivity index (χ0v) is 11.5. The van der Waals surface area contributed by atoms with E-state index >= 15 is 0 Å². The van der Waals surface area contributed by atoms with Crippen LogP contribution < -0.4 is 5.32 Å². The highest BCUT2D eigenvalue weighted by atomic mass is 32.1. The number of rotatable bonds is 5. The molecule has 18 heavy (non-hydrogen) atoms. The number of thiophene rings is 1. The second-order valence-electron chi connectivity index (χ2n) is 5.13. The second-order valence-corrected chi connectivity index (χ2v) is 6.11. The van der Waals surface area contributed by atoms with E-state index in [0.717, 1.165) is 5.92 Å². The molecular formula is C16H19NS. The topological polar surface area (TPSA) is 12.0 Å². The van der Waals surface area contributed by atoms with Gasteiger partial charge in [0.2, 0.25) is 0 Å². The minimum Gasteiger partial charge on any atom is -0.302 e. The summed E-state index contributed by atoms with van der Waals surface area (Å²) < 4.78 is 0. The lowest BCUT2D eigenvalue weighted by molar-refractivity contribution is 0.431. The summed E-state index contributed by atoms with van der Waals surface area (Å²) in [4.78, 5) is 1.43. The first kappa shape index (κ1) is 11.9. The zero-order chi connectivity index (χ0) is 12.4. The van der Waals surface area contributed by atoms with Gasteiger partial charge in [0.15, 0.2) is 0 Å². The lowest BCUT2D eigenvalue weighted by Crippen LogP contribution is -2.25. The highest BCUT2D eigenvalue weighted by Crippen LogP contribution is 2.42. The SMILES string of the molecule is C[C@H](NC(c1ccccc1)C1CC1)c1cccs1. The van der Waals surface area contributed by atoms with Crippen LogP contribution in [0.4, 0.5) is 0 Å². The van der Waals surface area contributed by atoms with Crippen LogP contribution in [0.15, 0.2) is 47.8 Å². The Morgan fingerprint density at radius 2 is 1.89 bits per heavy atom. The van der Waals surface area contributed by atoms with Crippen LogP contribution in [0.1, 0.15) is 42.3 Å². The van der Waals surface area contributed by atoms with Gasteiger partial charge in [0.1, 0.15) is 0 Å². The number of hydrogen-bond acceptors (Lipinski definition) is 2. The molecule has 1 fully saturated rings. The summed E-state index contributed by atoms with van der Waals surface area (Å²) >= 11 is 1.84. The highest BCUT2D eigenvalue weighted by Gasteiger charge is 2.33. The van der Waals surface area contributed by atoms with E-state index < -0.39 is 0 Å². The van der Waals surface area contributed by atoms with E-state index in [-0.39, 0.29) is 0 Å². The first-order valence-electron chi connectivity index (χ1n) is 6.69. The molecule has 1 saturated carbocycles. The summed E-state index contributed by atoms with van der Waals surface area (Å²) in [5.74, 6) is 0.829. The van der Waals surface area contributed by atoms with Crippen molar-refractivity contribution in [2.75, 3.05) is 0 Å². The van der Waals surface area contributed by atoms with Crippen molar-refractivity contribution < 1.29 is 0 Å². The fourth-order valence-corrected chi connectivity index (χ4v) is 3.23. The van der Waals surface area contributed by atoms with Crippen molar-refractivity contribution in [2.45, 2.75) is 31.8 Å². The van der Waals surface area contributed by atoms with Crippen molar-refractivity contribution in [1.82, 2.24) is 5.32 Å². The third-order valence-electron chi connectivity index (χ3n) is 3.65. The Morgan fingerprint density at radius 3 is 2.50 bits per heavy atom. The van der Waals surface area contributed by atoms with Crippen LogP contribution in [-0.2, 0) is 0 Å². The molecule has 2 aromatic rings. The quantitative estimate of drug-likeness (QED) is 0.828. The van der Waals surface area contributed by atoms with E-state index in [2.05, 4.69) is 60.1 Å². The van der Waals surface area contributed by atoms with Gasteiger partial charge in [0, 0.05) is 17.0 Å². The molecule has 0 bridgehead atoms. The Balaban J connectivity index is 1.75. The normalized spacial score (nSPS) is 18.5. The van der Waals surface area contributed by atoms with Gasteiger partial charge in [-0.1, -0.05) is 36.4 Å². The van der Waals surface area contributed by atoms with E-state index in [1.165, 1.54) is 23.3 Å². The first-order chi connectivity index (χ1) is 8.84. The molecule has 0 aliphatic heterocycles. The first-order valence-corrected chi connectivity index (χ1v) is 7.57. The molecule has 1 aromatic heterocycles. The molecule has 2 heteroatoms. The molecule has 1 aliphatic carbocycles. The fraction of sp³-hybridized carbons (Fsp3) is 0.375. The van der Waals surface area contributed by atoms with E-state index in [9.17, 15) is 0 Å². The van der Waals surface area contributed by atoms with Gasteiger partial charge in [-0.25, -0.2) is 0 Å². The van der Waals surface area contributed by atoms with Crippen molar-refractivity contribution in [3.8, 4) is 0 Å². The van der Waals surface area contributed by atoms with Gasteiger partial charge in [0.25, 0.3) is 0 Å². The lowest BCUT2D eigenvalue weighted by Gasteiger charge is -2.23.